The van der Waals surface area contributed by atoms with Gasteiger partial charge in [-0.3, -0.25) is 9.59 Å². The molecule has 2 rings (SSSR count). The first-order valence-corrected chi connectivity index (χ1v) is 8.07. The third kappa shape index (κ3) is 4.72. The Morgan fingerprint density at radius 2 is 1.96 bits per heavy atom. The number of nitrogens with one attached hydrogen (secondary N) is 1. The summed E-state index contributed by atoms with van der Waals surface area (Å²) in [6.07, 6.45) is 3.61. The average molecular weight is 350 g/mol. The first-order valence-electron chi connectivity index (χ1n) is 8.07. The van der Waals surface area contributed by atoms with Gasteiger partial charge < -0.3 is 20.1 Å². The SMILES string of the molecule is COCCNC(=O)C1CCC(C)N(C(=O)c2cnc(C(=O)O)cn2)C1. The maximum Gasteiger partial charge on any atom is 0.356 e. The van der Waals surface area contributed by atoms with E-state index in [1.54, 1.807) is 12.0 Å². The first kappa shape index (κ1) is 18.8. The van der Waals surface area contributed by atoms with Gasteiger partial charge in [-0.25, -0.2) is 14.8 Å². The van der Waals surface area contributed by atoms with Crippen molar-refractivity contribution < 1.29 is 24.2 Å². The number of amides is 2. The molecule has 9 heteroatoms. The highest BCUT2D eigenvalue weighted by atomic mass is 16.5. The number of carboxylic acids is 1. The molecule has 2 amide bonds. The minimum atomic E-state index is -1.20. The summed E-state index contributed by atoms with van der Waals surface area (Å²) in [5, 5.41) is 11.6. The topological polar surface area (TPSA) is 122 Å². The van der Waals surface area contributed by atoms with Crippen LogP contribution in [0, 0.1) is 5.92 Å². The van der Waals surface area contributed by atoms with Crippen LogP contribution in [0.3, 0.4) is 0 Å². The standard InChI is InChI=1S/C16H22N4O5/c1-10-3-4-11(14(21)17-5-6-25-2)9-20(10)15(22)12-7-19-13(8-18-12)16(23)24/h7-8,10-11H,3-6,9H2,1-2H3,(H,17,21)(H,23,24). The molecule has 2 N–H and O–H groups in total. The molecule has 136 valence electrons. The van der Waals surface area contributed by atoms with Gasteiger partial charge in [0.05, 0.1) is 24.9 Å². The van der Waals surface area contributed by atoms with E-state index < -0.39 is 5.97 Å². The minimum Gasteiger partial charge on any atom is -0.476 e. The van der Waals surface area contributed by atoms with E-state index in [1.165, 1.54) is 0 Å². The molecule has 0 spiro atoms. The summed E-state index contributed by atoms with van der Waals surface area (Å²) < 4.78 is 4.90. The zero-order chi connectivity index (χ0) is 18.4. The normalized spacial score (nSPS) is 20.2. The molecule has 0 radical (unpaired) electrons. The van der Waals surface area contributed by atoms with E-state index in [2.05, 4.69) is 15.3 Å². The maximum atomic E-state index is 12.6. The number of hydrogen-bond donors (Lipinski definition) is 2. The van der Waals surface area contributed by atoms with Crippen LogP contribution in [0.4, 0.5) is 0 Å². The maximum absolute atomic E-state index is 12.6. The molecule has 1 saturated heterocycles. The number of hydrogen-bond acceptors (Lipinski definition) is 6. The summed E-state index contributed by atoms with van der Waals surface area (Å²) in [6.45, 7) is 3.07. The number of likely N-dealkylation sites (tertiary alicyclic amines) is 1. The van der Waals surface area contributed by atoms with Crippen molar-refractivity contribution in [1.82, 2.24) is 20.2 Å². The summed E-state index contributed by atoms with van der Waals surface area (Å²) in [5.74, 6) is -1.95. The highest BCUT2D eigenvalue weighted by Gasteiger charge is 2.33. The molecule has 25 heavy (non-hydrogen) atoms. The molecule has 0 bridgehead atoms. The lowest BCUT2D eigenvalue weighted by molar-refractivity contribution is -0.126. The predicted octanol–water partition coefficient (Wildman–Crippen LogP) is 0.178. The molecule has 1 fully saturated rings. The highest BCUT2D eigenvalue weighted by molar-refractivity contribution is 5.93. The molecule has 1 aromatic heterocycles. The molecule has 1 aliphatic rings. The summed E-state index contributed by atoms with van der Waals surface area (Å²) in [7, 11) is 1.56. The van der Waals surface area contributed by atoms with Crippen molar-refractivity contribution in [1.29, 1.82) is 0 Å². The number of aromatic carboxylic acids is 1. The van der Waals surface area contributed by atoms with Crippen LogP contribution in [-0.4, -0.2) is 70.6 Å². The van der Waals surface area contributed by atoms with Gasteiger partial charge in [-0.15, -0.1) is 0 Å². The van der Waals surface area contributed by atoms with E-state index in [1.807, 2.05) is 6.92 Å². The Kier molecular flexibility index (Phi) is 6.40. The molecule has 1 aromatic rings. The summed E-state index contributed by atoms with van der Waals surface area (Å²) in [4.78, 5) is 44.9. The van der Waals surface area contributed by atoms with Crippen LogP contribution in [0.25, 0.3) is 0 Å². The van der Waals surface area contributed by atoms with E-state index in [4.69, 9.17) is 9.84 Å². The molecular weight excluding hydrogens is 328 g/mol. The Bertz CT molecular complexity index is 634. The molecule has 9 nitrogen and oxygen atoms in total. The second-order valence-electron chi connectivity index (χ2n) is 5.96. The Labute approximate surface area is 145 Å². The smallest absolute Gasteiger partial charge is 0.356 e. The summed E-state index contributed by atoms with van der Waals surface area (Å²) >= 11 is 0. The number of nitrogens with zero attached hydrogens (tertiary/aromatic N) is 3. The Morgan fingerprint density at radius 1 is 1.28 bits per heavy atom. The van der Waals surface area contributed by atoms with Crippen LogP contribution in [-0.2, 0) is 9.53 Å². The van der Waals surface area contributed by atoms with Gasteiger partial charge in [0.15, 0.2) is 5.69 Å². The summed E-state index contributed by atoms with van der Waals surface area (Å²) in [6, 6.07) is -0.0310. The lowest BCUT2D eigenvalue weighted by atomic mass is 9.92. The number of rotatable bonds is 6. The van der Waals surface area contributed by atoms with Crippen LogP contribution in [0.5, 0.6) is 0 Å². The van der Waals surface area contributed by atoms with Gasteiger partial charge in [0, 0.05) is 26.2 Å². The van der Waals surface area contributed by atoms with Crippen molar-refractivity contribution in [2.24, 2.45) is 5.92 Å². The number of ether oxygens (including phenoxy) is 1. The fourth-order valence-electron chi connectivity index (χ4n) is 2.72. The number of methoxy groups -OCH3 is 1. The van der Waals surface area contributed by atoms with Gasteiger partial charge in [-0.05, 0) is 19.8 Å². The van der Waals surface area contributed by atoms with Gasteiger partial charge in [-0.2, -0.15) is 0 Å². The third-order valence-corrected chi connectivity index (χ3v) is 4.21. The highest BCUT2D eigenvalue weighted by Crippen LogP contribution is 2.23. The van der Waals surface area contributed by atoms with Gasteiger partial charge in [0.25, 0.3) is 5.91 Å². The number of carboxylic acid groups (broad SMARTS) is 1. The zero-order valence-corrected chi connectivity index (χ0v) is 14.3. The molecule has 2 atom stereocenters. The second kappa shape index (κ2) is 8.52. The molecule has 1 aliphatic heterocycles. The quantitative estimate of drug-likeness (QED) is 0.702. The van der Waals surface area contributed by atoms with E-state index in [-0.39, 0.29) is 35.2 Å². The molecule has 0 saturated carbocycles. The minimum absolute atomic E-state index is 0.0310. The number of carbonyl (C=O) groups is 3. The monoisotopic (exact) mass is 350 g/mol. The van der Waals surface area contributed by atoms with Crippen molar-refractivity contribution in [2.75, 3.05) is 26.8 Å². The lowest BCUT2D eigenvalue weighted by Crippen LogP contribution is -2.50. The van der Waals surface area contributed by atoms with E-state index >= 15 is 0 Å². The zero-order valence-electron chi connectivity index (χ0n) is 14.3. The van der Waals surface area contributed by atoms with Gasteiger partial charge >= 0.3 is 5.97 Å². The molecular formula is C16H22N4O5. The van der Waals surface area contributed by atoms with Gasteiger partial charge in [0.2, 0.25) is 5.91 Å². The third-order valence-electron chi connectivity index (χ3n) is 4.21. The molecule has 2 heterocycles. The van der Waals surface area contributed by atoms with Crippen molar-refractivity contribution in [3.63, 3.8) is 0 Å². The number of piperidine rings is 1. The van der Waals surface area contributed by atoms with Crippen LogP contribution in [0.15, 0.2) is 12.4 Å². The Morgan fingerprint density at radius 3 is 2.56 bits per heavy atom. The first-order chi connectivity index (χ1) is 11.9. The van der Waals surface area contributed by atoms with Crippen molar-refractivity contribution in [2.45, 2.75) is 25.8 Å². The second-order valence-corrected chi connectivity index (χ2v) is 5.96. The Balaban J connectivity index is 2.04. The van der Waals surface area contributed by atoms with Gasteiger partial charge in [-0.1, -0.05) is 0 Å². The molecule has 0 aliphatic carbocycles. The largest absolute Gasteiger partial charge is 0.476 e. The summed E-state index contributed by atoms with van der Waals surface area (Å²) in [5.41, 5.74) is -0.157. The van der Waals surface area contributed by atoms with Gasteiger partial charge in [0.1, 0.15) is 5.69 Å². The predicted molar refractivity (Wildman–Crippen MR) is 87.1 cm³/mol. The number of carbonyl (C=O) groups excluding carboxylic acids is 2. The van der Waals surface area contributed by atoms with Crippen LogP contribution < -0.4 is 5.32 Å². The fourth-order valence-corrected chi connectivity index (χ4v) is 2.72. The van der Waals surface area contributed by atoms with Crippen LogP contribution in [0.2, 0.25) is 0 Å². The van der Waals surface area contributed by atoms with Crippen LogP contribution in [0.1, 0.15) is 40.7 Å². The van der Waals surface area contributed by atoms with Crippen molar-refractivity contribution in [3.05, 3.63) is 23.8 Å². The fraction of sp³-hybridized carbons (Fsp3) is 0.562. The average Bonchev–Trinajstić information content (AvgIpc) is 2.61. The van der Waals surface area contributed by atoms with Crippen molar-refractivity contribution in [3.8, 4) is 0 Å². The molecule has 0 aromatic carbocycles. The lowest BCUT2D eigenvalue weighted by Gasteiger charge is -2.37. The molecule has 2 unspecified atom stereocenters. The number of aromatic nitrogens is 2. The van der Waals surface area contributed by atoms with E-state index in [0.29, 0.717) is 32.5 Å². The van der Waals surface area contributed by atoms with Crippen LogP contribution >= 0.6 is 0 Å². The van der Waals surface area contributed by atoms with Crippen molar-refractivity contribution >= 4 is 17.8 Å². The van der Waals surface area contributed by atoms with E-state index in [0.717, 1.165) is 12.4 Å². The Hall–Kier alpha value is -2.55. The van der Waals surface area contributed by atoms with E-state index in [9.17, 15) is 14.4 Å².